The summed E-state index contributed by atoms with van der Waals surface area (Å²) in [5.74, 6) is -0.831. The number of carbonyl (C=O) groups is 2. The molecule has 2 aliphatic carbocycles. The van der Waals surface area contributed by atoms with E-state index in [9.17, 15) is 9.59 Å². The van der Waals surface area contributed by atoms with Crippen LogP contribution in [-0.4, -0.2) is 68.4 Å². The number of fused-ring (bicyclic) bond motifs is 5. The number of hydrogen-bond acceptors (Lipinski definition) is 6. The first-order chi connectivity index (χ1) is 27.9. The standard InChI is InChI=1S/C45H70N8O4/c1-2-3-4-5-6-7-8-9-10-11-12-13-20-25-37-56-40-35-30-36(41(40)57-37)39(43(55)49-27-29-51-45(47)53-32-34-23-18-15-19-24-34)38(35)42(54)48-26-28-50-44(46)52-31-33-21-16-14-17-22-33/h14-19,21-24,35-41H,2-13,20,25-32H2,1H3,(H,48,54)(H,49,55)(H3,46,50,52)(H3,47,51,53)/t35-,36+,37?,38-,39-,40-,41+/m1/s1. The monoisotopic (exact) mass is 787 g/mol. The number of benzene rings is 2. The smallest absolute Gasteiger partial charge is 0.224 e. The Balaban J connectivity index is 1.06. The quantitative estimate of drug-likeness (QED) is 0.0388. The first-order valence-electron chi connectivity index (χ1n) is 22.0. The Labute approximate surface area is 341 Å². The first-order valence-corrected chi connectivity index (χ1v) is 22.0. The van der Waals surface area contributed by atoms with Gasteiger partial charge in [0.15, 0.2) is 18.2 Å². The molecule has 0 spiro atoms. The molecule has 1 aliphatic heterocycles. The summed E-state index contributed by atoms with van der Waals surface area (Å²) in [7, 11) is 0. The number of unbranched alkanes of at least 4 members (excludes halogenated alkanes) is 12. The average Bonchev–Trinajstić information content (AvgIpc) is 3.93. The van der Waals surface area contributed by atoms with E-state index >= 15 is 0 Å². The predicted molar refractivity (Wildman–Crippen MR) is 228 cm³/mol. The largest absolute Gasteiger partial charge is 0.370 e. The minimum atomic E-state index is -0.510. The third-order valence-corrected chi connectivity index (χ3v) is 11.8. The maximum Gasteiger partial charge on any atom is 0.224 e. The summed E-state index contributed by atoms with van der Waals surface area (Å²) in [4.78, 5) is 36.5. The number of ether oxygens (including phenoxy) is 2. The van der Waals surface area contributed by atoms with Gasteiger partial charge in [-0.1, -0.05) is 145 Å². The summed E-state index contributed by atoms with van der Waals surface area (Å²) in [6.07, 6.45) is 18.0. The van der Waals surface area contributed by atoms with Crippen molar-refractivity contribution in [3.8, 4) is 0 Å². The van der Waals surface area contributed by atoms with E-state index in [0.29, 0.717) is 51.2 Å². The molecule has 2 bridgehead atoms. The van der Waals surface area contributed by atoms with Gasteiger partial charge in [-0.2, -0.15) is 0 Å². The Morgan fingerprint density at radius 1 is 0.579 bits per heavy atom. The Hall–Kier alpha value is -4.16. The first kappa shape index (κ1) is 44.0. The van der Waals surface area contributed by atoms with Crippen molar-refractivity contribution in [2.24, 2.45) is 45.1 Å². The number of rotatable bonds is 26. The maximum absolute atomic E-state index is 13.9. The second-order valence-corrected chi connectivity index (χ2v) is 16.1. The number of amides is 2. The highest BCUT2D eigenvalue weighted by Crippen LogP contribution is 2.57. The molecule has 12 nitrogen and oxygen atoms in total. The minimum absolute atomic E-state index is 0.0863. The van der Waals surface area contributed by atoms with Gasteiger partial charge in [-0.25, -0.2) is 9.98 Å². The number of hydrogen-bond donors (Lipinski definition) is 6. The highest BCUT2D eigenvalue weighted by atomic mass is 16.7. The molecule has 2 amide bonds. The highest BCUT2D eigenvalue weighted by Gasteiger charge is 2.66. The average molecular weight is 787 g/mol. The topological polar surface area (TPSA) is 177 Å². The van der Waals surface area contributed by atoms with E-state index < -0.39 is 11.8 Å². The van der Waals surface area contributed by atoms with E-state index in [1.165, 1.54) is 77.0 Å². The van der Waals surface area contributed by atoms with Crippen molar-refractivity contribution in [2.45, 2.75) is 135 Å². The normalized spacial score (nSPS) is 24.0. The zero-order valence-corrected chi connectivity index (χ0v) is 34.3. The molecular formula is C45H70N8O4. The molecule has 8 N–H and O–H groups in total. The SMILES string of the molecule is CCCCCCCCCCCCCCCC1O[C@@H]2[C@@H]3C[C@H]([C@@H]2O1)[C@@H](C(=O)NCCNC(N)=NCc1ccccc1)[C@@H]3C(=O)NCCNC(N)=NCc1ccccc1. The van der Waals surface area contributed by atoms with Gasteiger partial charge >= 0.3 is 0 Å². The van der Waals surface area contributed by atoms with Crippen molar-refractivity contribution in [2.75, 3.05) is 26.2 Å². The second-order valence-electron chi connectivity index (χ2n) is 16.1. The van der Waals surface area contributed by atoms with E-state index in [-0.39, 0.29) is 42.1 Å². The van der Waals surface area contributed by atoms with Gasteiger partial charge in [0.25, 0.3) is 0 Å². The zero-order valence-electron chi connectivity index (χ0n) is 34.3. The molecule has 12 heteroatoms. The van der Waals surface area contributed by atoms with Crippen molar-refractivity contribution in [3.05, 3.63) is 71.8 Å². The van der Waals surface area contributed by atoms with Gasteiger partial charge in [0.05, 0.1) is 37.1 Å². The summed E-state index contributed by atoms with van der Waals surface area (Å²) < 4.78 is 13.0. The summed E-state index contributed by atoms with van der Waals surface area (Å²) in [6, 6.07) is 19.8. The third kappa shape index (κ3) is 14.3. The molecule has 2 aromatic rings. The lowest BCUT2D eigenvalue weighted by molar-refractivity contribution is -0.140. The number of carbonyl (C=O) groups excluding carboxylic acids is 2. The van der Waals surface area contributed by atoms with Crippen LogP contribution in [0.1, 0.15) is 114 Å². The van der Waals surface area contributed by atoms with Gasteiger partial charge in [0.2, 0.25) is 11.8 Å². The van der Waals surface area contributed by atoms with Crippen LogP contribution in [0.15, 0.2) is 70.6 Å². The van der Waals surface area contributed by atoms with Crippen molar-refractivity contribution < 1.29 is 19.1 Å². The lowest BCUT2D eigenvalue weighted by atomic mass is 9.75. The Bertz CT molecular complexity index is 1430. The van der Waals surface area contributed by atoms with Gasteiger partial charge in [-0.05, 0) is 30.4 Å². The van der Waals surface area contributed by atoms with Crippen LogP contribution >= 0.6 is 0 Å². The summed E-state index contributed by atoms with van der Waals surface area (Å²) in [5, 5.41) is 12.3. The molecule has 314 valence electrons. The molecular weight excluding hydrogens is 717 g/mol. The number of nitrogens with zero attached hydrogens (tertiary/aromatic N) is 2. The van der Waals surface area contributed by atoms with E-state index in [2.05, 4.69) is 38.2 Å². The fourth-order valence-electron chi connectivity index (χ4n) is 8.84. The van der Waals surface area contributed by atoms with E-state index in [0.717, 1.165) is 30.4 Å². The Morgan fingerprint density at radius 3 is 1.39 bits per heavy atom. The molecule has 0 aromatic heterocycles. The summed E-state index contributed by atoms with van der Waals surface area (Å²) in [6.45, 7) is 4.75. The molecule has 3 aliphatic rings. The lowest BCUT2D eigenvalue weighted by Crippen LogP contribution is -2.53. The second kappa shape index (κ2) is 24.6. The summed E-state index contributed by atoms with van der Waals surface area (Å²) >= 11 is 0. The van der Waals surface area contributed by atoms with E-state index in [1.54, 1.807) is 0 Å². The molecule has 7 atom stereocenters. The highest BCUT2D eigenvalue weighted by molar-refractivity contribution is 5.89. The molecule has 1 unspecified atom stereocenters. The molecule has 1 heterocycles. The molecule has 0 radical (unpaired) electrons. The number of aliphatic imine (C=N–C) groups is 2. The van der Waals surface area contributed by atoms with Crippen LogP contribution in [0.4, 0.5) is 0 Å². The van der Waals surface area contributed by atoms with Gasteiger partial charge in [-0.3, -0.25) is 9.59 Å². The van der Waals surface area contributed by atoms with Crippen molar-refractivity contribution in [3.63, 3.8) is 0 Å². The fourth-order valence-corrected chi connectivity index (χ4v) is 8.84. The maximum atomic E-state index is 13.9. The van der Waals surface area contributed by atoms with Gasteiger partial charge < -0.3 is 42.2 Å². The van der Waals surface area contributed by atoms with Gasteiger partial charge in [0, 0.05) is 38.0 Å². The van der Waals surface area contributed by atoms with Crippen LogP contribution in [0.25, 0.3) is 0 Å². The number of nitrogens with one attached hydrogen (secondary N) is 4. The van der Waals surface area contributed by atoms with Crippen molar-refractivity contribution in [1.82, 2.24) is 21.3 Å². The van der Waals surface area contributed by atoms with Crippen LogP contribution < -0.4 is 32.7 Å². The van der Waals surface area contributed by atoms with Crippen molar-refractivity contribution >= 4 is 23.7 Å². The van der Waals surface area contributed by atoms with E-state index in [1.807, 2.05) is 60.7 Å². The van der Waals surface area contributed by atoms with Gasteiger partial charge in [0.1, 0.15) is 0 Å². The number of nitrogens with two attached hydrogens (primary N) is 2. The van der Waals surface area contributed by atoms with E-state index in [4.69, 9.17) is 20.9 Å². The predicted octanol–water partition coefficient (Wildman–Crippen LogP) is 5.90. The molecule has 1 saturated heterocycles. The Morgan fingerprint density at radius 2 is 0.965 bits per heavy atom. The van der Waals surface area contributed by atoms with Crippen LogP contribution in [0.3, 0.4) is 0 Å². The molecule has 5 rings (SSSR count). The Kier molecular flexibility index (Phi) is 18.9. The van der Waals surface area contributed by atoms with Crippen molar-refractivity contribution in [1.29, 1.82) is 0 Å². The number of guanidine groups is 2. The lowest BCUT2D eigenvalue weighted by Gasteiger charge is -2.34. The molecule has 2 aromatic carbocycles. The molecule has 3 fully saturated rings. The molecule has 57 heavy (non-hydrogen) atoms. The minimum Gasteiger partial charge on any atom is -0.370 e. The third-order valence-electron chi connectivity index (χ3n) is 11.8. The summed E-state index contributed by atoms with van der Waals surface area (Å²) in [5.41, 5.74) is 14.3. The fraction of sp³-hybridized carbons (Fsp3) is 0.644. The van der Waals surface area contributed by atoms with Crippen LogP contribution in [0.2, 0.25) is 0 Å². The zero-order chi connectivity index (χ0) is 40.1. The van der Waals surface area contributed by atoms with Gasteiger partial charge in [-0.15, -0.1) is 0 Å². The van der Waals surface area contributed by atoms with Crippen LogP contribution in [-0.2, 0) is 32.2 Å². The van der Waals surface area contributed by atoms with Crippen LogP contribution in [0.5, 0.6) is 0 Å². The van der Waals surface area contributed by atoms with Crippen LogP contribution in [0, 0.1) is 23.7 Å². The molecule has 2 saturated carbocycles.